The molecule has 2 heterocycles. The van der Waals surface area contributed by atoms with Crippen LogP contribution in [0, 0.1) is 0 Å². The molecule has 1 amide bonds. The number of hydrogen-bond acceptors (Lipinski definition) is 3. The molecule has 2 N–H and O–H groups in total. The molecule has 0 aliphatic heterocycles. The maximum absolute atomic E-state index is 12.3. The van der Waals surface area contributed by atoms with Crippen LogP contribution in [0.1, 0.15) is 46.3 Å². The maximum atomic E-state index is 12.3. The Labute approximate surface area is 121 Å². The van der Waals surface area contributed by atoms with E-state index in [0.29, 0.717) is 11.7 Å². The van der Waals surface area contributed by atoms with Crippen LogP contribution in [0.5, 0.6) is 0 Å². The number of carbonyl (C=O) groups is 2. The second kappa shape index (κ2) is 5.40. The molecular weight excluding hydrogens is 270 g/mol. The first-order valence-corrected chi connectivity index (χ1v) is 6.83. The quantitative estimate of drug-likeness (QED) is 0.904. The van der Waals surface area contributed by atoms with Gasteiger partial charge in [-0.15, -0.1) is 0 Å². The lowest BCUT2D eigenvalue weighted by molar-refractivity contribution is 0.0690. The molecule has 0 saturated heterocycles. The highest BCUT2D eigenvalue weighted by Gasteiger charge is 2.23. The molecule has 0 radical (unpaired) electrons. The number of nitrogens with zero attached hydrogens (tertiary/aromatic N) is 2. The van der Waals surface area contributed by atoms with Crippen LogP contribution in [-0.4, -0.2) is 26.5 Å². The van der Waals surface area contributed by atoms with Crippen molar-refractivity contribution >= 4 is 17.7 Å². The largest absolute Gasteiger partial charge is 0.477 e. The average molecular weight is 285 g/mol. The van der Waals surface area contributed by atoms with E-state index in [4.69, 9.17) is 5.11 Å². The summed E-state index contributed by atoms with van der Waals surface area (Å²) < 4.78 is 1.97. The monoisotopic (exact) mass is 285 g/mol. The third kappa shape index (κ3) is 2.65. The van der Waals surface area contributed by atoms with E-state index in [1.807, 2.05) is 16.8 Å². The van der Waals surface area contributed by atoms with Gasteiger partial charge in [0.25, 0.3) is 5.91 Å². The summed E-state index contributed by atoms with van der Waals surface area (Å²) in [6, 6.07) is 8.50. The highest BCUT2D eigenvalue weighted by atomic mass is 16.4. The van der Waals surface area contributed by atoms with Gasteiger partial charge in [-0.3, -0.25) is 4.79 Å². The van der Waals surface area contributed by atoms with Crippen molar-refractivity contribution < 1.29 is 14.7 Å². The zero-order valence-corrected chi connectivity index (χ0v) is 11.3. The summed E-state index contributed by atoms with van der Waals surface area (Å²) >= 11 is 0. The van der Waals surface area contributed by atoms with E-state index in [9.17, 15) is 9.59 Å². The summed E-state index contributed by atoms with van der Waals surface area (Å²) in [6.07, 6.45) is 5.26. The van der Waals surface area contributed by atoms with Gasteiger partial charge >= 0.3 is 5.97 Å². The fourth-order valence-corrected chi connectivity index (χ4v) is 2.37. The summed E-state index contributed by atoms with van der Waals surface area (Å²) in [7, 11) is 0. The predicted octanol–water partition coefficient (Wildman–Crippen LogP) is 2.56. The molecule has 0 aromatic carbocycles. The van der Waals surface area contributed by atoms with Crippen molar-refractivity contribution in [3.63, 3.8) is 0 Å². The van der Waals surface area contributed by atoms with Crippen LogP contribution in [0.25, 0.3) is 0 Å². The van der Waals surface area contributed by atoms with Gasteiger partial charge in [0.2, 0.25) is 0 Å². The molecule has 0 spiro atoms. The van der Waals surface area contributed by atoms with Crippen LogP contribution in [0.4, 0.5) is 5.82 Å². The number of carboxylic acid groups (broad SMARTS) is 1. The molecule has 1 saturated carbocycles. The maximum Gasteiger partial charge on any atom is 0.354 e. The Kier molecular flexibility index (Phi) is 3.43. The van der Waals surface area contributed by atoms with E-state index in [1.165, 1.54) is 12.5 Å². The molecular formula is C15H15N3O3. The summed E-state index contributed by atoms with van der Waals surface area (Å²) in [5.74, 6) is -1.16. The number of carboxylic acids is 1. The fraction of sp³-hybridized carbons (Fsp3) is 0.267. The standard InChI is InChI=1S/C15H15N3O3/c19-14(12-7-3-9-18(12)10-4-1-5-10)17-13-8-2-6-11(16-13)15(20)21/h2-3,6-10H,1,4-5H2,(H,20,21)(H,16,17,19). The first kappa shape index (κ1) is 13.4. The molecule has 1 aliphatic rings. The molecule has 0 atom stereocenters. The zero-order valence-electron chi connectivity index (χ0n) is 11.3. The lowest BCUT2D eigenvalue weighted by atomic mass is 9.93. The third-order valence-electron chi connectivity index (χ3n) is 3.69. The number of hydrogen-bond donors (Lipinski definition) is 2. The Morgan fingerprint density at radius 2 is 2.05 bits per heavy atom. The minimum Gasteiger partial charge on any atom is -0.477 e. The first-order valence-electron chi connectivity index (χ1n) is 6.83. The highest BCUT2D eigenvalue weighted by Crippen LogP contribution is 2.32. The van der Waals surface area contributed by atoms with Gasteiger partial charge in [-0.05, 0) is 43.5 Å². The Morgan fingerprint density at radius 3 is 2.71 bits per heavy atom. The first-order chi connectivity index (χ1) is 10.1. The van der Waals surface area contributed by atoms with Gasteiger partial charge < -0.3 is 15.0 Å². The van der Waals surface area contributed by atoms with Crippen molar-refractivity contribution in [3.8, 4) is 0 Å². The number of aromatic carboxylic acids is 1. The van der Waals surface area contributed by atoms with Crippen molar-refractivity contribution in [2.75, 3.05) is 5.32 Å². The van der Waals surface area contributed by atoms with Gasteiger partial charge in [-0.1, -0.05) is 6.07 Å². The molecule has 6 heteroatoms. The molecule has 6 nitrogen and oxygen atoms in total. The van der Waals surface area contributed by atoms with Crippen molar-refractivity contribution in [3.05, 3.63) is 47.9 Å². The van der Waals surface area contributed by atoms with E-state index in [2.05, 4.69) is 10.3 Å². The van der Waals surface area contributed by atoms with E-state index >= 15 is 0 Å². The second-order valence-corrected chi connectivity index (χ2v) is 5.05. The van der Waals surface area contributed by atoms with Gasteiger partial charge in [0.05, 0.1) is 0 Å². The number of rotatable bonds is 4. The van der Waals surface area contributed by atoms with Crippen LogP contribution in [0.15, 0.2) is 36.5 Å². The molecule has 1 fully saturated rings. The molecule has 21 heavy (non-hydrogen) atoms. The molecule has 1 aliphatic carbocycles. The SMILES string of the molecule is O=C(O)c1cccc(NC(=O)c2cccn2C2CCC2)n1. The smallest absolute Gasteiger partial charge is 0.354 e. The van der Waals surface area contributed by atoms with Crippen LogP contribution < -0.4 is 5.32 Å². The number of nitrogens with one attached hydrogen (secondary N) is 1. The number of anilines is 1. The Balaban J connectivity index is 1.79. The zero-order chi connectivity index (χ0) is 14.8. The summed E-state index contributed by atoms with van der Waals surface area (Å²) in [6.45, 7) is 0. The van der Waals surface area contributed by atoms with Crippen LogP contribution in [-0.2, 0) is 0 Å². The van der Waals surface area contributed by atoms with Crippen molar-refractivity contribution in [1.29, 1.82) is 0 Å². The summed E-state index contributed by atoms with van der Waals surface area (Å²) in [4.78, 5) is 27.1. The van der Waals surface area contributed by atoms with Gasteiger partial charge in [0, 0.05) is 12.2 Å². The second-order valence-electron chi connectivity index (χ2n) is 5.05. The average Bonchev–Trinajstić information content (AvgIpc) is 2.86. The third-order valence-corrected chi connectivity index (χ3v) is 3.69. The lowest BCUT2D eigenvalue weighted by Gasteiger charge is -2.28. The summed E-state index contributed by atoms with van der Waals surface area (Å²) in [5.41, 5.74) is 0.476. The Bertz CT molecular complexity index is 689. The van der Waals surface area contributed by atoms with Crippen LogP contribution in [0.3, 0.4) is 0 Å². The van der Waals surface area contributed by atoms with E-state index < -0.39 is 5.97 Å². The van der Waals surface area contributed by atoms with Gasteiger partial charge in [0.1, 0.15) is 11.5 Å². The van der Waals surface area contributed by atoms with Gasteiger partial charge in [-0.25, -0.2) is 9.78 Å². The number of aromatic nitrogens is 2. The van der Waals surface area contributed by atoms with E-state index in [1.54, 1.807) is 18.2 Å². The van der Waals surface area contributed by atoms with Crippen molar-refractivity contribution in [2.45, 2.75) is 25.3 Å². The fourth-order valence-electron chi connectivity index (χ4n) is 2.37. The molecule has 3 rings (SSSR count). The topological polar surface area (TPSA) is 84.2 Å². The molecule has 0 unspecified atom stereocenters. The number of pyridine rings is 1. The normalized spacial score (nSPS) is 14.5. The lowest BCUT2D eigenvalue weighted by Crippen LogP contribution is -2.23. The van der Waals surface area contributed by atoms with Crippen LogP contribution >= 0.6 is 0 Å². The minimum atomic E-state index is -1.12. The predicted molar refractivity (Wildman–Crippen MR) is 76.5 cm³/mol. The highest BCUT2D eigenvalue weighted by molar-refractivity contribution is 6.03. The van der Waals surface area contributed by atoms with E-state index in [0.717, 1.165) is 12.8 Å². The van der Waals surface area contributed by atoms with Crippen molar-refractivity contribution in [1.82, 2.24) is 9.55 Å². The van der Waals surface area contributed by atoms with Crippen molar-refractivity contribution in [2.24, 2.45) is 0 Å². The minimum absolute atomic E-state index is 0.0952. The summed E-state index contributed by atoms with van der Waals surface area (Å²) in [5, 5.41) is 11.6. The number of amides is 1. The van der Waals surface area contributed by atoms with E-state index in [-0.39, 0.29) is 17.4 Å². The van der Waals surface area contributed by atoms with Gasteiger partial charge in [-0.2, -0.15) is 0 Å². The Morgan fingerprint density at radius 1 is 1.24 bits per heavy atom. The molecule has 0 bridgehead atoms. The number of carbonyl (C=O) groups excluding carboxylic acids is 1. The Hall–Kier alpha value is -2.63. The molecule has 2 aromatic rings. The van der Waals surface area contributed by atoms with Crippen LogP contribution in [0.2, 0.25) is 0 Å². The molecule has 108 valence electrons. The van der Waals surface area contributed by atoms with Gasteiger partial charge in [0.15, 0.2) is 5.69 Å². The molecule has 2 aromatic heterocycles.